The molecule has 0 amide bonds. The fourth-order valence-corrected chi connectivity index (χ4v) is 2.23. The van der Waals surface area contributed by atoms with Gasteiger partial charge in [-0.25, -0.2) is 0 Å². The number of rotatable bonds is 2. The first-order chi connectivity index (χ1) is 7.69. The van der Waals surface area contributed by atoms with E-state index in [0.29, 0.717) is 11.5 Å². The molecular formula is C13H16O3. The molecular weight excluding hydrogens is 204 g/mol. The van der Waals surface area contributed by atoms with Crippen molar-refractivity contribution in [3.05, 3.63) is 23.3 Å². The van der Waals surface area contributed by atoms with E-state index in [0.717, 1.165) is 24.0 Å². The predicted octanol–water partition coefficient (Wildman–Crippen LogP) is 2.47. The lowest BCUT2D eigenvalue weighted by Gasteiger charge is -2.23. The highest BCUT2D eigenvalue weighted by Crippen LogP contribution is 2.38. The van der Waals surface area contributed by atoms with Crippen LogP contribution >= 0.6 is 0 Å². The van der Waals surface area contributed by atoms with Crippen LogP contribution in [0.4, 0.5) is 0 Å². The van der Waals surface area contributed by atoms with Crippen LogP contribution in [0.25, 0.3) is 0 Å². The van der Waals surface area contributed by atoms with Crippen LogP contribution in [0.5, 0.6) is 11.5 Å². The number of methoxy groups -OCH3 is 2. The van der Waals surface area contributed by atoms with Crippen LogP contribution in [-0.4, -0.2) is 20.0 Å². The Labute approximate surface area is 95.4 Å². The SMILES string of the molecule is COc1ccc2c(c1OC)CC[C@@H](C)C2=O. The van der Waals surface area contributed by atoms with Gasteiger partial charge in [-0.3, -0.25) is 4.79 Å². The molecule has 1 atom stereocenters. The Balaban J connectivity index is 2.57. The van der Waals surface area contributed by atoms with Gasteiger partial charge in [0.25, 0.3) is 0 Å². The molecule has 0 aliphatic heterocycles. The van der Waals surface area contributed by atoms with Crippen LogP contribution in [0, 0.1) is 5.92 Å². The van der Waals surface area contributed by atoms with Gasteiger partial charge in [0, 0.05) is 17.0 Å². The molecule has 0 saturated carbocycles. The first kappa shape index (κ1) is 11.0. The van der Waals surface area contributed by atoms with Gasteiger partial charge in [-0.05, 0) is 25.0 Å². The monoisotopic (exact) mass is 220 g/mol. The van der Waals surface area contributed by atoms with Crippen LogP contribution in [0.2, 0.25) is 0 Å². The largest absolute Gasteiger partial charge is 0.493 e. The average Bonchev–Trinajstić information content (AvgIpc) is 2.32. The third-order valence-corrected chi connectivity index (χ3v) is 3.19. The van der Waals surface area contributed by atoms with Gasteiger partial charge in [0.1, 0.15) is 0 Å². The highest BCUT2D eigenvalue weighted by Gasteiger charge is 2.27. The number of Topliss-reactive ketones (excluding diaryl/α,β-unsaturated/α-hetero) is 1. The summed E-state index contributed by atoms with van der Waals surface area (Å²) in [6, 6.07) is 3.64. The Morgan fingerprint density at radius 3 is 2.62 bits per heavy atom. The summed E-state index contributed by atoms with van der Waals surface area (Å²) in [6.07, 6.45) is 1.76. The van der Waals surface area contributed by atoms with Crippen molar-refractivity contribution in [2.45, 2.75) is 19.8 Å². The number of fused-ring (bicyclic) bond motifs is 1. The van der Waals surface area contributed by atoms with Crippen LogP contribution < -0.4 is 9.47 Å². The molecule has 0 radical (unpaired) electrons. The lowest BCUT2D eigenvalue weighted by molar-refractivity contribution is 0.0912. The van der Waals surface area contributed by atoms with Crippen molar-refractivity contribution in [3.63, 3.8) is 0 Å². The fraction of sp³-hybridized carbons (Fsp3) is 0.462. The van der Waals surface area contributed by atoms with Crippen LogP contribution in [0.1, 0.15) is 29.3 Å². The quantitative estimate of drug-likeness (QED) is 0.768. The molecule has 0 aromatic heterocycles. The summed E-state index contributed by atoms with van der Waals surface area (Å²) in [6.45, 7) is 1.97. The number of carbonyl (C=O) groups excluding carboxylic acids is 1. The Morgan fingerprint density at radius 2 is 2.00 bits per heavy atom. The third kappa shape index (κ3) is 1.56. The molecule has 1 aliphatic rings. The van der Waals surface area contributed by atoms with E-state index in [1.54, 1.807) is 20.3 Å². The van der Waals surface area contributed by atoms with E-state index >= 15 is 0 Å². The van der Waals surface area contributed by atoms with Gasteiger partial charge in [-0.2, -0.15) is 0 Å². The van der Waals surface area contributed by atoms with E-state index in [1.165, 1.54) is 0 Å². The molecule has 1 aromatic rings. The van der Waals surface area contributed by atoms with E-state index in [4.69, 9.17) is 9.47 Å². The summed E-state index contributed by atoms with van der Waals surface area (Å²) in [4.78, 5) is 12.0. The van der Waals surface area contributed by atoms with Crippen molar-refractivity contribution in [3.8, 4) is 11.5 Å². The van der Waals surface area contributed by atoms with Crippen LogP contribution in [0.15, 0.2) is 12.1 Å². The Bertz CT molecular complexity index is 423. The average molecular weight is 220 g/mol. The van der Waals surface area contributed by atoms with E-state index in [-0.39, 0.29) is 11.7 Å². The van der Waals surface area contributed by atoms with Crippen molar-refractivity contribution in [1.82, 2.24) is 0 Å². The molecule has 3 heteroatoms. The zero-order chi connectivity index (χ0) is 11.7. The molecule has 1 aromatic carbocycles. The second kappa shape index (κ2) is 4.16. The van der Waals surface area contributed by atoms with Crippen molar-refractivity contribution in [2.24, 2.45) is 5.92 Å². The van der Waals surface area contributed by atoms with Gasteiger partial charge in [0.15, 0.2) is 17.3 Å². The number of ketones is 1. The smallest absolute Gasteiger partial charge is 0.166 e. The molecule has 16 heavy (non-hydrogen) atoms. The molecule has 3 nitrogen and oxygen atoms in total. The van der Waals surface area contributed by atoms with E-state index in [2.05, 4.69) is 0 Å². The second-order valence-electron chi connectivity index (χ2n) is 4.13. The lowest BCUT2D eigenvalue weighted by atomic mass is 9.83. The second-order valence-corrected chi connectivity index (χ2v) is 4.13. The van der Waals surface area contributed by atoms with Gasteiger partial charge < -0.3 is 9.47 Å². The number of carbonyl (C=O) groups is 1. The molecule has 86 valence electrons. The Kier molecular flexibility index (Phi) is 2.86. The van der Waals surface area contributed by atoms with Gasteiger partial charge in [0.2, 0.25) is 0 Å². The molecule has 0 saturated heterocycles. The normalized spacial score (nSPS) is 19.2. The molecule has 0 unspecified atom stereocenters. The first-order valence-electron chi connectivity index (χ1n) is 5.47. The maximum absolute atomic E-state index is 12.0. The zero-order valence-electron chi connectivity index (χ0n) is 9.87. The first-order valence-corrected chi connectivity index (χ1v) is 5.47. The number of hydrogen-bond acceptors (Lipinski definition) is 3. The van der Waals surface area contributed by atoms with Crippen LogP contribution in [-0.2, 0) is 6.42 Å². The summed E-state index contributed by atoms with van der Waals surface area (Å²) in [5.41, 5.74) is 1.78. The zero-order valence-corrected chi connectivity index (χ0v) is 9.87. The molecule has 0 fully saturated rings. The number of ether oxygens (including phenoxy) is 2. The molecule has 1 aliphatic carbocycles. The highest BCUT2D eigenvalue weighted by atomic mass is 16.5. The topological polar surface area (TPSA) is 35.5 Å². The van der Waals surface area contributed by atoms with E-state index in [9.17, 15) is 4.79 Å². The summed E-state index contributed by atoms with van der Waals surface area (Å²) in [7, 11) is 3.22. The lowest BCUT2D eigenvalue weighted by Crippen LogP contribution is -2.20. The standard InChI is InChI=1S/C13H16O3/c1-8-4-5-10-9(12(8)14)6-7-11(15-2)13(10)16-3/h6-8H,4-5H2,1-3H3/t8-/m1/s1. The Hall–Kier alpha value is -1.51. The summed E-state index contributed by atoms with van der Waals surface area (Å²) >= 11 is 0. The van der Waals surface area contributed by atoms with E-state index in [1.807, 2.05) is 13.0 Å². The molecule has 0 bridgehead atoms. The third-order valence-electron chi connectivity index (χ3n) is 3.19. The van der Waals surface area contributed by atoms with Gasteiger partial charge in [-0.1, -0.05) is 6.92 Å². The van der Waals surface area contributed by atoms with Crippen molar-refractivity contribution in [2.75, 3.05) is 14.2 Å². The minimum Gasteiger partial charge on any atom is -0.493 e. The summed E-state index contributed by atoms with van der Waals surface area (Å²) < 4.78 is 10.6. The molecule has 0 heterocycles. The maximum Gasteiger partial charge on any atom is 0.166 e. The van der Waals surface area contributed by atoms with Gasteiger partial charge in [0.05, 0.1) is 14.2 Å². The van der Waals surface area contributed by atoms with E-state index < -0.39 is 0 Å². The Morgan fingerprint density at radius 1 is 1.25 bits per heavy atom. The highest BCUT2D eigenvalue weighted by molar-refractivity contribution is 6.00. The summed E-state index contributed by atoms with van der Waals surface area (Å²) in [5.74, 6) is 1.73. The molecule has 2 rings (SSSR count). The minimum absolute atomic E-state index is 0.116. The van der Waals surface area contributed by atoms with Gasteiger partial charge in [-0.15, -0.1) is 0 Å². The molecule has 0 spiro atoms. The molecule has 0 N–H and O–H groups in total. The van der Waals surface area contributed by atoms with Crippen molar-refractivity contribution < 1.29 is 14.3 Å². The van der Waals surface area contributed by atoms with Crippen molar-refractivity contribution >= 4 is 5.78 Å². The minimum atomic E-state index is 0.116. The van der Waals surface area contributed by atoms with Gasteiger partial charge >= 0.3 is 0 Å². The summed E-state index contributed by atoms with van der Waals surface area (Å²) in [5, 5.41) is 0. The number of benzene rings is 1. The fourth-order valence-electron chi connectivity index (χ4n) is 2.23. The van der Waals surface area contributed by atoms with Crippen molar-refractivity contribution in [1.29, 1.82) is 0 Å². The number of hydrogen-bond donors (Lipinski definition) is 0. The van der Waals surface area contributed by atoms with Crippen LogP contribution in [0.3, 0.4) is 0 Å². The predicted molar refractivity (Wildman–Crippen MR) is 61.4 cm³/mol. The maximum atomic E-state index is 12.0.